The van der Waals surface area contributed by atoms with Gasteiger partial charge in [0, 0.05) is 17.5 Å². The lowest BCUT2D eigenvalue weighted by Crippen LogP contribution is -2.71. The van der Waals surface area contributed by atoms with Crippen molar-refractivity contribution in [1.29, 1.82) is 0 Å². The van der Waals surface area contributed by atoms with Gasteiger partial charge in [-0.15, -0.1) is 0 Å². The van der Waals surface area contributed by atoms with Crippen molar-refractivity contribution in [3.8, 4) is 0 Å². The Labute approximate surface area is 135 Å². The molecule has 0 amide bonds. The van der Waals surface area contributed by atoms with Crippen LogP contribution in [0.3, 0.4) is 0 Å². The largest absolute Gasteiger partial charge is 0.399 e. The van der Waals surface area contributed by atoms with Gasteiger partial charge >= 0.3 is 0 Å². The molecule has 4 nitrogen and oxygen atoms in total. The minimum Gasteiger partial charge on any atom is -0.399 e. The summed E-state index contributed by atoms with van der Waals surface area (Å²) in [6.45, 7) is 4.00. The van der Waals surface area contributed by atoms with Gasteiger partial charge in [-0.3, -0.25) is 5.32 Å². The second-order valence-electron chi connectivity index (χ2n) is 5.37. The summed E-state index contributed by atoms with van der Waals surface area (Å²) < 4.78 is 0. The molecule has 4 heteroatoms. The summed E-state index contributed by atoms with van der Waals surface area (Å²) in [5.74, 6) is 0. The van der Waals surface area contributed by atoms with Crippen molar-refractivity contribution in [3.63, 3.8) is 0 Å². The van der Waals surface area contributed by atoms with Crippen LogP contribution in [0.2, 0.25) is 0 Å². The number of nitrogens with zero attached hydrogens (tertiary/aromatic N) is 1. The van der Waals surface area contributed by atoms with E-state index in [1.54, 1.807) is 0 Å². The van der Waals surface area contributed by atoms with E-state index in [0.717, 1.165) is 28.3 Å². The molecule has 0 radical (unpaired) electrons. The molecule has 0 saturated heterocycles. The Bertz CT molecular complexity index is 830. The molecule has 23 heavy (non-hydrogen) atoms. The van der Waals surface area contributed by atoms with Gasteiger partial charge in [0.2, 0.25) is 0 Å². The predicted molar refractivity (Wildman–Crippen MR) is 96.2 cm³/mol. The highest BCUT2D eigenvalue weighted by Gasteiger charge is 2.11. The Morgan fingerprint density at radius 3 is 2.48 bits per heavy atom. The summed E-state index contributed by atoms with van der Waals surface area (Å²) in [4.78, 5) is 4.71. The SMILES string of the molecule is C=C1C=C(N)C=CC1=Nc1ccc(N)cc1[NH2+]c1ccccc1. The number of hydrogen-bond acceptors (Lipinski definition) is 3. The van der Waals surface area contributed by atoms with E-state index in [-0.39, 0.29) is 0 Å². The maximum Gasteiger partial charge on any atom is 0.162 e. The molecule has 1 aliphatic rings. The zero-order valence-corrected chi connectivity index (χ0v) is 12.7. The summed E-state index contributed by atoms with van der Waals surface area (Å²) in [6, 6.07) is 15.8. The van der Waals surface area contributed by atoms with Crippen molar-refractivity contribution in [3.05, 3.63) is 84.6 Å². The molecule has 1 aliphatic carbocycles. The van der Waals surface area contributed by atoms with Crippen molar-refractivity contribution in [2.24, 2.45) is 10.7 Å². The van der Waals surface area contributed by atoms with E-state index in [2.05, 4.69) is 11.9 Å². The third-order valence-electron chi connectivity index (χ3n) is 3.52. The lowest BCUT2D eigenvalue weighted by Gasteiger charge is -2.10. The van der Waals surface area contributed by atoms with Gasteiger partial charge in [0.1, 0.15) is 11.4 Å². The molecule has 0 saturated carbocycles. The molecule has 0 unspecified atom stereocenters. The molecule has 0 aliphatic heterocycles. The number of nitrogens with two attached hydrogens (primary N) is 3. The fourth-order valence-electron chi connectivity index (χ4n) is 2.36. The lowest BCUT2D eigenvalue weighted by molar-refractivity contribution is -0.477. The molecule has 3 rings (SSSR count). The molecule has 0 aromatic heterocycles. The number of hydrogen-bond donors (Lipinski definition) is 3. The van der Waals surface area contributed by atoms with Crippen LogP contribution in [-0.2, 0) is 0 Å². The van der Waals surface area contributed by atoms with E-state index in [4.69, 9.17) is 16.5 Å². The third kappa shape index (κ3) is 3.56. The van der Waals surface area contributed by atoms with E-state index >= 15 is 0 Å². The number of rotatable bonds is 3. The topological polar surface area (TPSA) is 81.0 Å². The first kappa shape index (κ1) is 14.8. The van der Waals surface area contributed by atoms with Gasteiger partial charge in [0.25, 0.3) is 0 Å². The minimum absolute atomic E-state index is 0.683. The first-order chi connectivity index (χ1) is 11.1. The maximum absolute atomic E-state index is 5.93. The van der Waals surface area contributed by atoms with Gasteiger partial charge in [0.15, 0.2) is 5.69 Å². The van der Waals surface area contributed by atoms with Gasteiger partial charge in [-0.1, -0.05) is 24.8 Å². The van der Waals surface area contributed by atoms with Crippen molar-refractivity contribution in [1.82, 2.24) is 0 Å². The minimum atomic E-state index is 0.683. The standard InChI is InChI=1S/C19H18N4/c1-13-11-14(20)7-9-17(13)23-18-10-8-15(21)12-19(18)22-16-5-3-2-4-6-16/h2-12,22H,1,20-21H2/p+1. The Kier molecular flexibility index (Phi) is 4.08. The first-order valence-electron chi connectivity index (χ1n) is 7.34. The zero-order valence-electron chi connectivity index (χ0n) is 12.7. The molecule has 114 valence electrons. The highest BCUT2D eigenvalue weighted by molar-refractivity contribution is 6.12. The second-order valence-corrected chi connectivity index (χ2v) is 5.37. The van der Waals surface area contributed by atoms with Crippen LogP contribution in [0.15, 0.2) is 89.6 Å². The molecule has 0 spiro atoms. The van der Waals surface area contributed by atoms with E-state index in [1.165, 1.54) is 0 Å². The van der Waals surface area contributed by atoms with E-state index < -0.39 is 0 Å². The van der Waals surface area contributed by atoms with Gasteiger partial charge in [-0.05, 0) is 48.1 Å². The van der Waals surface area contributed by atoms with Gasteiger partial charge in [-0.25, -0.2) is 4.99 Å². The molecule has 2 aromatic carbocycles. The van der Waals surface area contributed by atoms with Crippen molar-refractivity contribution in [2.45, 2.75) is 0 Å². The van der Waals surface area contributed by atoms with Gasteiger partial charge < -0.3 is 11.5 Å². The molecule has 0 heterocycles. The Morgan fingerprint density at radius 1 is 0.957 bits per heavy atom. The zero-order chi connectivity index (χ0) is 16.2. The average Bonchev–Trinajstić information content (AvgIpc) is 2.53. The Hall–Kier alpha value is -3.11. The first-order valence-corrected chi connectivity index (χ1v) is 7.34. The molecule has 0 bridgehead atoms. The van der Waals surface area contributed by atoms with E-state index in [0.29, 0.717) is 11.4 Å². The number of para-hydroxylation sites is 1. The van der Waals surface area contributed by atoms with Crippen molar-refractivity contribution < 1.29 is 5.32 Å². The van der Waals surface area contributed by atoms with Crippen molar-refractivity contribution >= 4 is 28.5 Å². The second kappa shape index (κ2) is 6.34. The van der Waals surface area contributed by atoms with Crippen LogP contribution in [0.1, 0.15) is 0 Å². The van der Waals surface area contributed by atoms with Gasteiger partial charge in [0.05, 0.1) is 5.71 Å². The number of aliphatic imine (C=N–C) groups is 1. The monoisotopic (exact) mass is 303 g/mol. The number of quaternary nitrogens is 1. The fourth-order valence-corrected chi connectivity index (χ4v) is 2.36. The molecule has 0 fully saturated rings. The van der Waals surface area contributed by atoms with Crippen LogP contribution < -0.4 is 16.8 Å². The van der Waals surface area contributed by atoms with Crippen molar-refractivity contribution in [2.75, 3.05) is 5.73 Å². The molecule has 2 aromatic rings. The summed E-state index contributed by atoms with van der Waals surface area (Å²) in [6.07, 6.45) is 5.52. The van der Waals surface area contributed by atoms with Crippen LogP contribution >= 0.6 is 0 Å². The average molecular weight is 303 g/mol. The number of nitrogen functional groups attached to an aromatic ring is 1. The van der Waals surface area contributed by atoms with E-state index in [9.17, 15) is 0 Å². The van der Waals surface area contributed by atoms with Crippen LogP contribution in [0, 0.1) is 0 Å². The maximum atomic E-state index is 5.93. The van der Waals surface area contributed by atoms with E-state index in [1.807, 2.05) is 66.8 Å². The number of anilines is 1. The van der Waals surface area contributed by atoms with Gasteiger partial charge in [-0.2, -0.15) is 0 Å². The van der Waals surface area contributed by atoms with Crippen LogP contribution in [-0.4, -0.2) is 5.71 Å². The summed E-state index contributed by atoms with van der Waals surface area (Å²) in [7, 11) is 0. The quantitative estimate of drug-likeness (QED) is 0.762. The lowest BCUT2D eigenvalue weighted by atomic mass is 10.1. The molecule has 0 atom stereocenters. The molecular formula is C19H19N4+. The van der Waals surface area contributed by atoms with Crippen LogP contribution in [0.4, 0.5) is 22.7 Å². The van der Waals surface area contributed by atoms with Crippen LogP contribution in [0.25, 0.3) is 0 Å². The Balaban J connectivity index is 1.97. The summed E-state index contributed by atoms with van der Waals surface area (Å²) in [5, 5.41) is 2.06. The highest BCUT2D eigenvalue weighted by Crippen LogP contribution is 2.26. The normalized spacial score (nSPS) is 15.7. The molecular weight excluding hydrogens is 284 g/mol. The summed E-state index contributed by atoms with van der Waals surface area (Å²) >= 11 is 0. The summed E-state index contributed by atoms with van der Waals surface area (Å²) in [5.41, 5.74) is 17.6. The number of benzene rings is 2. The number of allylic oxidation sites excluding steroid dienone is 4. The molecule has 6 N–H and O–H groups in total. The smallest absolute Gasteiger partial charge is 0.162 e. The highest BCUT2D eigenvalue weighted by atomic mass is 14.9. The fraction of sp³-hybridized carbons (Fsp3) is 0. The van der Waals surface area contributed by atoms with Crippen LogP contribution in [0.5, 0.6) is 0 Å². The third-order valence-corrected chi connectivity index (χ3v) is 3.52. The predicted octanol–water partition coefficient (Wildman–Crippen LogP) is 2.84. The Morgan fingerprint density at radius 2 is 1.74 bits per heavy atom.